The summed E-state index contributed by atoms with van der Waals surface area (Å²) < 4.78 is 1.80. The lowest BCUT2D eigenvalue weighted by atomic mass is 10.0. The maximum atomic E-state index is 4.66. The summed E-state index contributed by atoms with van der Waals surface area (Å²) in [5.41, 5.74) is 1.77. The Labute approximate surface area is 128 Å². The molecule has 1 aromatic carbocycles. The van der Waals surface area contributed by atoms with Crippen molar-refractivity contribution in [1.29, 1.82) is 0 Å². The molecule has 110 valence electrons. The number of anilines is 1. The Bertz CT molecular complexity index is 806. The standard InChI is InChI=1S/C17H17N5/c1-3-7-13(8-4-1)17-20-19-16-12-11-15(21-22(16)17)18-14-9-5-2-6-10-14/h1-5,7-8,11-12,14H,6,9-10H2,(H,18,21). The summed E-state index contributed by atoms with van der Waals surface area (Å²) >= 11 is 0. The number of nitrogens with zero attached hydrogens (tertiary/aromatic N) is 4. The van der Waals surface area contributed by atoms with Gasteiger partial charge in [0, 0.05) is 11.6 Å². The quantitative estimate of drug-likeness (QED) is 0.752. The summed E-state index contributed by atoms with van der Waals surface area (Å²) in [4.78, 5) is 0. The van der Waals surface area contributed by atoms with E-state index in [1.807, 2.05) is 42.5 Å². The molecule has 0 amide bonds. The van der Waals surface area contributed by atoms with Gasteiger partial charge < -0.3 is 5.32 Å². The molecular weight excluding hydrogens is 274 g/mol. The van der Waals surface area contributed by atoms with E-state index in [-0.39, 0.29) is 0 Å². The van der Waals surface area contributed by atoms with Crippen molar-refractivity contribution in [2.75, 3.05) is 5.32 Å². The van der Waals surface area contributed by atoms with Crippen LogP contribution < -0.4 is 5.32 Å². The van der Waals surface area contributed by atoms with E-state index < -0.39 is 0 Å². The van der Waals surface area contributed by atoms with Crippen LogP contribution in [0.3, 0.4) is 0 Å². The predicted octanol–water partition coefficient (Wildman–Crippen LogP) is 3.31. The zero-order valence-electron chi connectivity index (χ0n) is 12.2. The normalized spacial score (nSPS) is 17.7. The second kappa shape index (κ2) is 5.60. The molecule has 1 atom stereocenters. The van der Waals surface area contributed by atoms with E-state index in [1.54, 1.807) is 4.52 Å². The largest absolute Gasteiger partial charge is 0.366 e. The van der Waals surface area contributed by atoms with Crippen LogP contribution in [0.15, 0.2) is 54.6 Å². The number of rotatable bonds is 3. The molecule has 1 unspecified atom stereocenters. The first-order valence-electron chi connectivity index (χ1n) is 7.59. The Balaban J connectivity index is 1.69. The predicted molar refractivity (Wildman–Crippen MR) is 86.6 cm³/mol. The summed E-state index contributed by atoms with van der Waals surface area (Å²) in [6.07, 6.45) is 7.79. The topological polar surface area (TPSA) is 55.1 Å². The summed E-state index contributed by atoms with van der Waals surface area (Å²) in [5.74, 6) is 1.63. The van der Waals surface area contributed by atoms with Gasteiger partial charge in [0.2, 0.25) is 0 Å². The van der Waals surface area contributed by atoms with E-state index >= 15 is 0 Å². The van der Waals surface area contributed by atoms with Gasteiger partial charge in [0.05, 0.1) is 0 Å². The molecule has 2 aromatic heterocycles. The van der Waals surface area contributed by atoms with Gasteiger partial charge in [-0.25, -0.2) is 0 Å². The molecular formula is C17H17N5. The van der Waals surface area contributed by atoms with Crippen molar-refractivity contribution in [1.82, 2.24) is 19.8 Å². The third-order valence-corrected chi connectivity index (χ3v) is 3.92. The van der Waals surface area contributed by atoms with Crippen molar-refractivity contribution in [2.45, 2.75) is 25.3 Å². The average Bonchev–Trinajstić information content (AvgIpc) is 3.00. The molecule has 0 fully saturated rings. The Hall–Kier alpha value is -2.69. The number of allylic oxidation sites excluding steroid dienone is 1. The Kier molecular flexibility index (Phi) is 3.31. The van der Waals surface area contributed by atoms with Crippen molar-refractivity contribution in [2.24, 2.45) is 0 Å². The van der Waals surface area contributed by atoms with E-state index in [4.69, 9.17) is 0 Å². The molecule has 1 aliphatic rings. The van der Waals surface area contributed by atoms with Crippen molar-refractivity contribution in [3.63, 3.8) is 0 Å². The molecule has 4 rings (SSSR count). The number of hydrogen-bond donors (Lipinski definition) is 1. The minimum absolute atomic E-state index is 0.451. The highest BCUT2D eigenvalue weighted by Crippen LogP contribution is 2.19. The number of benzene rings is 1. The second-order valence-corrected chi connectivity index (χ2v) is 5.50. The van der Waals surface area contributed by atoms with Gasteiger partial charge in [-0.2, -0.15) is 4.52 Å². The molecule has 0 bridgehead atoms. The van der Waals surface area contributed by atoms with Crippen LogP contribution in [0, 0.1) is 0 Å². The van der Waals surface area contributed by atoms with Crippen LogP contribution in [0.5, 0.6) is 0 Å². The molecule has 0 spiro atoms. The van der Waals surface area contributed by atoms with Crippen LogP contribution in [0.2, 0.25) is 0 Å². The van der Waals surface area contributed by atoms with Gasteiger partial charge in [-0.05, 0) is 31.4 Å². The fourth-order valence-corrected chi connectivity index (χ4v) is 2.77. The third-order valence-electron chi connectivity index (χ3n) is 3.92. The fraction of sp³-hybridized carbons (Fsp3) is 0.235. The molecule has 1 N–H and O–H groups in total. The van der Waals surface area contributed by atoms with Gasteiger partial charge in [0.15, 0.2) is 11.5 Å². The van der Waals surface area contributed by atoms with E-state index in [0.29, 0.717) is 6.04 Å². The number of nitrogens with one attached hydrogen (secondary N) is 1. The fourth-order valence-electron chi connectivity index (χ4n) is 2.77. The van der Waals surface area contributed by atoms with Gasteiger partial charge in [-0.3, -0.25) is 0 Å². The summed E-state index contributed by atoms with van der Waals surface area (Å²) in [6.45, 7) is 0. The van der Waals surface area contributed by atoms with E-state index in [2.05, 4.69) is 32.8 Å². The molecule has 0 saturated carbocycles. The molecule has 0 saturated heterocycles. The smallest absolute Gasteiger partial charge is 0.185 e. The zero-order chi connectivity index (χ0) is 14.8. The van der Waals surface area contributed by atoms with Crippen LogP contribution in [-0.2, 0) is 0 Å². The van der Waals surface area contributed by atoms with Gasteiger partial charge in [0.1, 0.15) is 5.82 Å². The maximum absolute atomic E-state index is 4.66. The molecule has 22 heavy (non-hydrogen) atoms. The first-order chi connectivity index (χ1) is 10.9. The van der Waals surface area contributed by atoms with Gasteiger partial charge in [-0.1, -0.05) is 42.5 Å². The monoisotopic (exact) mass is 291 g/mol. The zero-order valence-corrected chi connectivity index (χ0v) is 12.2. The molecule has 5 heteroatoms. The molecule has 1 aliphatic carbocycles. The summed E-state index contributed by atoms with van der Waals surface area (Å²) in [6, 6.07) is 14.4. The molecule has 0 aliphatic heterocycles. The lowest BCUT2D eigenvalue weighted by Crippen LogP contribution is -2.21. The van der Waals surface area contributed by atoms with Crippen molar-refractivity contribution < 1.29 is 0 Å². The van der Waals surface area contributed by atoms with Gasteiger partial charge in [0.25, 0.3) is 0 Å². The highest BCUT2D eigenvalue weighted by molar-refractivity contribution is 5.59. The summed E-state index contributed by atoms with van der Waals surface area (Å²) in [7, 11) is 0. The van der Waals surface area contributed by atoms with Gasteiger partial charge >= 0.3 is 0 Å². The first kappa shape index (κ1) is 13.0. The van der Waals surface area contributed by atoms with Crippen LogP contribution in [0.1, 0.15) is 19.3 Å². The number of fused-ring (bicyclic) bond motifs is 1. The molecule has 5 nitrogen and oxygen atoms in total. The SMILES string of the molecule is C1=CCC(Nc2ccc3nnc(-c4ccccc4)n3n2)CC1. The van der Waals surface area contributed by atoms with Crippen molar-refractivity contribution in [3.05, 3.63) is 54.6 Å². The number of hydrogen-bond acceptors (Lipinski definition) is 4. The minimum Gasteiger partial charge on any atom is -0.366 e. The Morgan fingerprint density at radius 2 is 1.91 bits per heavy atom. The van der Waals surface area contributed by atoms with E-state index in [1.165, 1.54) is 0 Å². The average molecular weight is 291 g/mol. The number of aromatic nitrogens is 4. The lowest BCUT2D eigenvalue weighted by molar-refractivity contribution is 0.639. The third kappa shape index (κ3) is 2.45. The molecule has 3 aromatic rings. The van der Waals surface area contributed by atoms with Crippen molar-refractivity contribution >= 4 is 11.5 Å². The highest BCUT2D eigenvalue weighted by atomic mass is 15.4. The Morgan fingerprint density at radius 1 is 1.00 bits per heavy atom. The maximum Gasteiger partial charge on any atom is 0.185 e. The molecule has 2 heterocycles. The lowest BCUT2D eigenvalue weighted by Gasteiger charge is -2.19. The molecule has 0 radical (unpaired) electrons. The second-order valence-electron chi connectivity index (χ2n) is 5.50. The Morgan fingerprint density at radius 3 is 2.73 bits per heavy atom. The first-order valence-corrected chi connectivity index (χ1v) is 7.59. The van der Waals surface area contributed by atoms with E-state index in [9.17, 15) is 0 Å². The van der Waals surface area contributed by atoms with Crippen LogP contribution >= 0.6 is 0 Å². The van der Waals surface area contributed by atoms with E-state index in [0.717, 1.165) is 42.1 Å². The van der Waals surface area contributed by atoms with Gasteiger partial charge in [-0.15, -0.1) is 15.3 Å². The van der Waals surface area contributed by atoms with Crippen LogP contribution in [0.4, 0.5) is 5.82 Å². The summed E-state index contributed by atoms with van der Waals surface area (Å²) in [5, 5.41) is 16.6. The minimum atomic E-state index is 0.451. The van der Waals surface area contributed by atoms with Crippen LogP contribution in [-0.4, -0.2) is 25.9 Å². The highest BCUT2D eigenvalue weighted by Gasteiger charge is 2.13. The van der Waals surface area contributed by atoms with Crippen LogP contribution in [0.25, 0.3) is 17.0 Å². The van der Waals surface area contributed by atoms with Crippen molar-refractivity contribution in [3.8, 4) is 11.4 Å².